The van der Waals surface area contributed by atoms with Crippen LogP contribution in [0.2, 0.25) is 5.02 Å². The molecule has 0 amide bonds. The molecule has 2 aromatic carbocycles. The van der Waals surface area contributed by atoms with Crippen molar-refractivity contribution in [3.63, 3.8) is 0 Å². The first-order chi connectivity index (χ1) is 9.15. The van der Waals surface area contributed by atoms with E-state index >= 15 is 0 Å². The zero-order valence-electron chi connectivity index (χ0n) is 10.6. The zero-order valence-corrected chi connectivity index (χ0v) is 11.4. The van der Waals surface area contributed by atoms with Crippen LogP contribution in [0.4, 0.5) is 0 Å². The van der Waals surface area contributed by atoms with Crippen molar-refractivity contribution in [2.75, 3.05) is 14.2 Å². The van der Waals surface area contributed by atoms with Gasteiger partial charge in [-0.25, -0.2) is 4.79 Å². The average Bonchev–Trinajstić information content (AvgIpc) is 2.45. The molecular formula is C15H13ClO3. The molecule has 19 heavy (non-hydrogen) atoms. The summed E-state index contributed by atoms with van der Waals surface area (Å²) in [4.78, 5) is 11.6. The molecule has 0 spiro atoms. The van der Waals surface area contributed by atoms with Gasteiger partial charge in [-0.2, -0.15) is 0 Å². The molecule has 0 heterocycles. The first kappa shape index (κ1) is 13.4. The summed E-state index contributed by atoms with van der Waals surface area (Å²) in [6.45, 7) is 0. The van der Waals surface area contributed by atoms with E-state index in [9.17, 15) is 4.79 Å². The maximum Gasteiger partial charge on any atom is 0.337 e. The summed E-state index contributed by atoms with van der Waals surface area (Å²) in [5.74, 6) is 0.305. The van der Waals surface area contributed by atoms with Crippen LogP contribution in [0, 0.1) is 0 Å². The lowest BCUT2D eigenvalue weighted by Crippen LogP contribution is -2.01. The van der Waals surface area contributed by atoms with Gasteiger partial charge in [0.25, 0.3) is 0 Å². The molecule has 0 fully saturated rings. The van der Waals surface area contributed by atoms with Crippen molar-refractivity contribution in [1.29, 1.82) is 0 Å². The lowest BCUT2D eigenvalue weighted by molar-refractivity contribution is 0.0601. The summed E-state index contributed by atoms with van der Waals surface area (Å²) in [6, 6.07) is 12.6. The second-order valence-corrected chi connectivity index (χ2v) is 4.36. The highest BCUT2D eigenvalue weighted by Gasteiger charge is 2.11. The molecule has 0 aliphatic carbocycles. The van der Waals surface area contributed by atoms with Crippen molar-refractivity contribution in [1.82, 2.24) is 0 Å². The van der Waals surface area contributed by atoms with Crippen LogP contribution < -0.4 is 4.74 Å². The molecule has 0 bridgehead atoms. The van der Waals surface area contributed by atoms with E-state index < -0.39 is 5.97 Å². The summed E-state index contributed by atoms with van der Waals surface area (Å²) < 4.78 is 10.0. The van der Waals surface area contributed by atoms with Crippen LogP contribution in [0.5, 0.6) is 5.75 Å². The predicted molar refractivity (Wildman–Crippen MR) is 74.8 cm³/mol. The molecule has 0 radical (unpaired) electrons. The van der Waals surface area contributed by atoms with E-state index in [1.54, 1.807) is 25.3 Å². The van der Waals surface area contributed by atoms with Crippen LogP contribution in [0.15, 0.2) is 42.5 Å². The summed E-state index contributed by atoms with van der Waals surface area (Å²) >= 11 is 6.05. The fourth-order valence-corrected chi connectivity index (χ4v) is 2.10. The number of hydrogen-bond donors (Lipinski definition) is 0. The minimum absolute atomic E-state index is 0.413. The van der Waals surface area contributed by atoms with Crippen molar-refractivity contribution in [3.8, 4) is 16.9 Å². The Morgan fingerprint density at radius 2 is 1.84 bits per heavy atom. The molecule has 2 aromatic rings. The van der Waals surface area contributed by atoms with Crippen LogP contribution in [0.1, 0.15) is 10.4 Å². The largest absolute Gasteiger partial charge is 0.496 e. The molecule has 0 aromatic heterocycles. The highest BCUT2D eigenvalue weighted by atomic mass is 35.5. The molecule has 0 aliphatic rings. The van der Waals surface area contributed by atoms with Gasteiger partial charge in [-0.1, -0.05) is 29.8 Å². The Bertz CT molecular complexity index is 608. The SMILES string of the molecule is COC(=O)c1cc(Cl)cc(-c2ccccc2OC)c1. The van der Waals surface area contributed by atoms with E-state index in [0.29, 0.717) is 10.6 Å². The number of methoxy groups -OCH3 is 2. The number of hydrogen-bond acceptors (Lipinski definition) is 3. The second kappa shape index (κ2) is 5.76. The lowest BCUT2D eigenvalue weighted by Gasteiger charge is -2.10. The first-order valence-electron chi connectivity index (χ1n) is 5.68. The molecule has 2 rings (SSSR count). The highest BCUT2D eigenvalue weighted by Crippen LogP contribution is 2.32. The van der Waals surface area contributed by atoms with Crippen molar-refractivity contribution < 1.29 is 14.3 Å². The standard InChI is InChI=1S/C15H13ClO3/c1-18-14-6-4-3-5-13(14)10-7-11(15(17)19-2)9-12(16)8-10/h3-9H,1-2H3. The van der Waals surface area contributed by atoms with Gasteiger partial charge in [-0.3, -0.25) is 0 Å². The van der Waals surface area contributed by atoms with Gasteiger partial charge in [-0.15, -0.1) is 0 Å². The van der Waals surface area contributed by atoms with E-state index in [1.165, 1.54) is 7.11 Å². The van der Waals surface area contributed by atoms with Gasteiger partial charge in [0.05, 0.1) is 19.8 Å². The number of benzene rings is 2. The molecule has 0 saturated heterocycles. The minimum atomic E-state index is -0.418. The van der Waals surface area contributed by atoms with Gasteiger partial charge in [0.15, 0.2) is 0 Å². The van der Waals surface area contributed by atoms with Gasteiger partial charge >= 0.3 is 5.97 Å². The number of carbonyl (C=O) groups is 1. The molecule has 0 unspecified atom stereocenters. The normalized spacial score (nSPS) is 10.1. The highest BCUT2D eigenvalue weighted by molar-refractivity contribution is 6.31. The summed E-state index contributed by atoms with van der Waals surface area (Å²) in [5, 5.41) is 0.476. The fraction of sp³-hybridized carbons (Fsp3) is 0.133. The van der Waals surface area contributed by atoms with E-state index in [1.807, 2.05) is 24.3 Å². The Balaban J connectivity index is 2.56. The fourth-order valence-electron chi connectivity index (χ4n) is 1.86. The van der Waals surface area contributed by atoms with Crippen LogP contribution >= 0.6 is 11.6 Å². The van der Waals surface area contributed by atoms with Crippen molar-refractivity contribution >= 4 is 17.6 Å². The Labute approximate surface area is 116 Å². The molecule has 0 saturated carbocycles. The van der Waals surface area contributed by atoms with Crippen molar-refractivity contribution in [2.24, 2.45) is 0 Å². The predicted octanol–water partition coefficient (Wildman–Crippen LogP) is 3.80. The average molecular weight is 277 g/mol. The lowest BCUT2D eigenvalue weighted by atomic mass is 10.0. The van der Waals surface area contributed by atoms with Crippen LogP contribution in [0.3, 0.4) is 0 Å². The number of rotatable bonds is 3. The molecular weight excluding hydrogens is 264 g/mol. The Kier molecular flexibility index (Phi) is 4.07. The minimum Gasteiger partial charge on any atom is -0.496 e. The first-order valence-corrected chi connectivity index (χ1v) is 6.06. The smallest absolute Gasteiger partial charge is 0.337 e. The third kappa shape index (κ3) is 2.88. The topological polar surface area (TPSA) is 35.5 Å². The molecule has 0 aliphatic heterocycles. The quantitative estimate of drug-likeness (QED) is 0.800. The van der Waals surface area contributed by atoms with Gasteiger partial charge in [0, 0.05) is 10.6 Å². The molecule has 0 atom stereocenters. The molecule has 3 nitrogen and oxygen atoms in total. The number of para-hydroxylation sites is 1. The van der Waals surface area contributed by atoms with Gasteiger partial charge in [0.2, 0.25) is 0 Å². The van der Waals surface area contributed by atoms with Crippen molar-refractivity contribution in [3.05, 3.63) is 53.1 Å². The van der Waals surface area contributed by atoms with Crippen LogP contribution in [-0.2, 0) is 4.74 Å². The van der Waals surface area contributed by atoms with Gasteiger partial charge in [-0.05, 0) is 29.8 Å². The number of carbonyl (C=O) groups excluding carboxylic acids is 1. The Morgan fingerprint density at radius 3 is 2.53 bits per heavy atom. The van der Waals surface area contributed by atoms with Crippen LogP contribution in [-0.4, -0.2) is 20.2 Å². The molecule has 4 heteroatoms. The van der Waals surface area contributed by atoms with Gasteiger partial charge < -0.3 is 9.47 Å². The van der Waals surface area contributed by atoms with Gasteiger partial charge in [0.1, 0.15) is 5.75 Å². The number of ether oxygens (including phenoxy) is 2. The monoisotopic (exact) mass is 276 g/mol. The summed E-state index contributed by atoms with van der Waals surface area (Å²) in [7, 11) is 2.94. The Morgan fingerprint density at radius 1 is 1.11 bits per heavy atom. The molecule has 0 N–H and O–H groups in total. The Hall–Kier alpha value is -2.00. The summed E-state index contributed by atoms with van der Waals surface area (Å²) in [5.41, 5.74) is 2.10. The third-order valence-corrected chi connectivity index (χ3v) is 2.96. The molecule has 98 valence electrons. The maximum absolute atomic E-state index is 11.6. The zero-order chi connectivity index (χ0) is 13.8. The van der Waals surface area contributed by atoms with E-state index in [-0.39, 0.29) is 0 Å². The maximum atomic E-state index is 11.6. The van der Waals surface area contributed by atoms with E-state index in [4.69, 9.17) is 21.1 Å². The third-order valence-electron chi connectivity index (χ3n) is 2.74. The number of halogens is 1. The van der Waals surface area contributed by atoms with E-state index in [2.05, 4.69) is 0 Å². The van der Waals surface area contributed by atoms with E-state index in [0.717, 1.165) is 16.9 Å². The van der Waals surface area contributed by atoms with Crippen LogP contribution in [0.25, 0.3) is 11.1 Å². The number of esters is 1. The van der Waals surface area contributed by atoms with Crippen molar-refractivity contribution in [2.45, 2.75) is 0 Å². The summed E-state index contributed by atoms with van der Waals surface area (Å²) in [6.07, 6.45) is 0. The second-order valence-electron chi connectivity index (χ2n) is 3.92.